The zero-order valence-corrected chi connectivity index (χ0v) is 12.9. The van der Waals surface area contributed by atoms with Crippen LogP contribution in [-0.4, -0.2) is 17.6 Å². The summed E-state index contributed by atoms with van der Waals surface area (Å²) in [6.07, 6.45) is -0.112. The number of hydrogen-bond acceptors (Lipinski definition) is 5. The zero-order valence-electron chi connectivity index (χ0n) is 12.9. The van der Waals surface area contributed by atoms with Crippen LogP contribution in [0.25, 0.3) is 0 Å². The van der Waals surface area contributed by atoms with Crippen molar-refractivity contribution in [2.45, 2.75) is 25.7 Å². The van der Waals surface area contributed by atoms with Gasteiger partial charge in [0.25, 0.3) is 11.5 Å². The summed E-state index contributed by atoms with van der Waals surface area (Å²) in [5, 5.41) is 10.8. The van der Waals surface area contributed by atoms with Crippen molar-refractivity contribution >= 4 is 5.69 Å². The average molecular weight is 315 g/mol. The molecule has 0 saturated heterocycles. The second-order valence-corrected chi connectivity index (χ2v) is 5.56. The van der Waals surface area contributed by atoms with Crippen LogP contribution in [-0.2, 0) is 10.5 Å². The summed E-state index contributed by atoms with van der Waals surface area (Å²) in [6.45, 7) is 3.97. The Labute approximate surface area is 133 Å². The fraction of sp³-hybridized carbons (Fsp3) is 0.294. The van der Waals surface area contributed by atoms with Gasteiger partial charge in [0.2, 0.25) is 0 Å². The number of benzene rings is 2. The van der Waals surface area contributed by atoms with Crippen LogP contribution >= 0.6 is 0 Å². The molecule has 1 unspecified atom stereocenters. The van der Waals surface area contributed by atoms with E-state index in [1.54, 1.807) is 18.2 Å². The van der Waals surface area contributed by atoms with Crippen LogP contribution in [0.4, 0.5) is 5.69 Å². The summed E-state index contributed by atoms with van der Waals surface area (Å²) < 4.78 is 17.9. The number of para-hydroxylation sites is 2. The van der Waals surface area contributed by atoms with Gasteiger partial charge in [0, 0.05) is 17.7 Å². The van der Waals surface area contributed by atoms with Gasteiger partial charge in [-0.25, -0.2) is 0 Å². The van der Waals surface area contributed by atoms with Gasteiger partial charge in [0.1, 0.15) is 0 Å². The van der Waals surface area contributed by atoms with Crippen molar-refractivity contribution in [3.05, 3.63) is 64.2 Å². The Morgan fingerprint density at radius 2 is 1.78 bits per heavy atom. The van der Waals surface area contributed by atoms with Crippen molar-refractivity contribution in [3.8, 4) is 11.5 Å². The normalized spacial score (nSPS) is 19.6. The highest BCUT2D eigenvalue weighted by Crippen LogP contribution is 2.41. The van der Waals surface area contributed by atoms with Gasteiger partial charge in [-0.05, 0) is 38.1 Å². The Kier molecular flexibility index (Phi) is 3.92. The summed E-state index contributed by atoms with van der Waals surface area (Å²) in [5.74, 6) is 0.104. The lowest BCUT2D eigenvalue weighted by Crippen LogP contribution is -2.46. The number of non-ortho nitro benzene ring substituents is 1. The van der Waals surface area contributed by atoms with E-state index in [2.05, 4.69) is 0 Å². The highest BCUT2D eigenvalue weighted by atomic mass is 16.7. The molecule has 2 aromatic carbocycles. The molecule has 0 amide bonds. The lowest BCUT2D eigenvalue weighted by molar-refractivity contribution is -0.384. The van der Waals surface area contributed by atoms with E-state index < -0.39 is 10.7 Å². The summed E-state index contributed by atoms with van der Waals surface area (Å²) in [6, 6.07) is 13.5. The molecular formula is C17H17NO5. The Morgan fingerprint density at radius 3 is 2.39 bits per heavy atom. The van der Waals surface area contributed by atoms with Crippen LogP contribution in [0.1, 0.15) is 19.4 Å². The van der Waals surface area contributed by atoms with Crippen molar-refractivity contribution < 1.29 is 19.1 Å². The Hall–Kier alpha value is -2.60. The molecule has 0 fully saturated rings. The molecule has 3 rings (SSSR count). The molecule has 1 atom stereocenters. The van der Waals surface area contributed by atoms with Gasteiger partial charge >= 0.3 is 0 Å². The largest absolute Gasteiger partial charge is 0.482 e. The van der Waals surface area contributed by atoms with Crippen molar-refractivity contribution in [1.29, 1.82) is 0 Å². The van der Waals surface area contributed by atoms with Crippen molar-refractivity contribution in [2.75, 3.05) is 6.61 Å². The first-order chi connectivity index (χ1) is 11.0. The molecule has 23 heavy (non-hydrogen) atoms. The maximum absolute atomic E-state index is 10.8. The van der Waals surface area contributed by atoms with E-state index in [-0.39, 0.29) is 18.4 Å². The van der Waals surface area contributed by atoms with Crippen LogP contribution in [0.2, 0.25) is 0 Å². The fourth-order valence-corrected chi connectivity index (χ4v) is 2.52. The molecular weight excluding hydrogens is 298 g/mol. The Bertz CT molecular complexity index is 713. The summed E-state index contributed by atoms with van der Waals surface area (Å²) in [7, 11) is 0. The van der Waals surface area contributed by atoms with E-state index in [0.29, 0.717) is 17.1 Å². The van der Waals surface area contributed by atoms with Crippen molar-refractivity contribution in [2.24, 2.45) is 0 Å². The fourth-order valence-electron chi connectivity index (χ4n) is 2.52. The predicted octanol–water partition coefficient (Wildman–Crippen LogP) is 3.64. The molecule has 6 heteroatoms. The lowest BCUT2D eigenvalue weighted by atomic mass is 10.0. The van der Waals surface area contributed by atoms with Gasteiger partial charge in [-0.3, -0.25) is 10.1 Å². The van der Waals surface area contributed by atoms with E-state index in [1.165, 1.54) is 12.1 Å². The minimum Gasteiger partial charge on any atom is -0.482 e. The van der Waals surface area contributed by atoms with E-state index in [9.17, 15) is 10.1 Å². The summed E-state index contributed by atoms with van der Waals surface area (Å²) >= 11 is 0. The Morgan fingerprint density at radius 1 is 1.13 bits per heavy atom. The number of rotatable bonds is 4. The zero-order chi connectivity index (χ0) is 16.4. The molecule has 0 bridgehead atoms. The van der Waals surface area contributed by atoms with Crippen LogP contribution < -0.4 is 9.47 Å². The lowest BCUT2D eigenvalue weighted by Gasteiger charge is -2.39. The monoisotopic (exact) mass is 315 g/mol. The molecule has 0 aliphatic carbocycles. The standard InChI is InChI=1S/C17H17NO5/c1-12(2)22-17(13-7-9-14(10-8-13)18(19)20)11-21-15-5-3-4-6-16(15)23-17/h3-10,12H,11H2,1-2H3. The third-order valence-electron chi connectivity index (χ3n) is 3.49. The average Bonchev–Trinajstić information content (AvgIpc) is 2.54. The first-order valence-corrected chi connectivity index (χ1v) is 7.34. The summed E-state index contributed by atoms with van der Waals surface area (Å²) in [5.41, 5.74) is 0.692. The highest BCUT2D eigenvalue weighted by molar-refractivity contribution is 5.43. The van der Waals surface area contributed by atoms with Crippen LogP contribution in [0.15, 0.2) is 48.5 Å². The van der Waals surface area contributed by atoms with Crippen molar-refractivity contribution in [3.63, 3.8) is 0 Å². The third-order valence-corrected chi connectivity index (χ3v) is 3.49. The quantitative estimate of drug-likeness (QED) is 0.636. The molecule has 0 aromatic heterocycles. The number of hydrogen-bond donors (Lipinski definition) is 0. The van der Waals surface area contributed by atoms with Gasteiger partial charge < -0.3 is 14.2 Å². The predicted molar refractivity (Wildman–Crippen MR) is 83.6 cm³/mol. The highest BCUT2D eigenvalue weighted by Gasteiger charge is 2.42. The number of nitrogens with zero attached hydrogens (tertiary/aromatic N) is 1. The van der Waals surface area contributed by atoms with Gasteiger partial charge in [-0.2, -0.15) is 0 Å². The minimum atomic E-state index is -1.13. The first-order valence-electron chi connectivity index (χ1n) is 7.34. The van der Waals surface area contributed by atoms with Gasteiger partial charge in [0.15, 0.2) is 18.1 Å². The van der Waals surface area contributed by atoms with E-state index in [1.807, 2.05) is 32.0 Å². The van der Waals surface area contributed by atoms with Crippen LogP contribution in [0, 0.1) is 10.1 Å². The van der Waals surface area contributed by atoms with E-state index in [4.69, 9.17) is 14.2 Å². The first kappa shape index (κ1) is 15.3. The summed E-state index contributed by atoms with van der Waals surface area (Å²) in [4.78, 5) is 10.4. The van der Waals surface area contributed by atoms with Crippen LogP contribution in [0.3, 0.4) is 0 Å². The van der Waals surface area contributed by atoms with E-state index >= 15 is 0 Å². The molecule has 1 heterocycles. The SMILES string of the molecule is CC(C)OC1(c2ccc([N+](=O)[O-])cc2)COc2ccccc2O1. The van der Waals surface area contributed by atoms with Gasteiger partial charge in [0.05, 0.1) is 11.0 Å². The number of nitro benzene ring substituents is 1. The molecule has 0 saturated carbocycles. The number of fused-ring (bicyclic) bond motifs is 1. The molecule has 1 aliphatic rings. The molecule has 1 aliphatic heterocycles. The van der Waals surface area contributed by atoms with Crippen molar-refractivity contribution in [1.82, 2.24) is 0 Å². The Balaban J connectivity index is 1.99. The maximum Gasteiger partial charge on any atom is 0.272 e. The third kappa shape index (κ3) is 2.98. The van der Waals surface area contributed by atoms with Gasteiger partial charge in [-0.1, -0.05) is 12.1 Å². The van der Waals surface area contributed by atoms with E-state index in [0.717, 1.165) is 0 Å². The molecule has 6 nitrogen and oxygen atoms in total. The molecule has 0 spiro atoms. The second-order valence-electron chi connectivity index (χ2n) is 5.56. The number of nitro groups is 1. The molecule has 2 aromatic rings. The maximum atomic E-state index is 10.8. The molecule has 120 valence electrons. The molecule has 0 N–H and O–H groups in total. The van der Waals surface area contributed by atoms with Gasteiger partial charge in [-0.15, -0.1) is 0 Å². The smallest absolute Gasteiger partial charge is 0.272 e. The van der Waals surface area contributed by atoms with Crippen LogP contribution in [0.5, 0.6) is 11.5 Å². The molecule has 0 radical (unpaired) electrons. The second kappa shape index (κ2) is 5.89. The minimum absolute atomic E-state index is 0.0191. The number of ether oxygens (including phenoxy) is 3. The topological polar surface area (TPSA) is 70.8 Å².